The second-order valence-corrected chi connectivity index (χ2v) is 31.2. The van der Waals surface area contributed by atoms with Gasteiger partial charge in [0, 0.05) is 23.6 Å². The third-order valence-corrected chi connectivity index (χ3v) is 15.0. The van der Waals surface area contributed by atoms with Crippen LogP contribution in [0, 0.1) is 6.92 Å². The van der Waals surface area contributed by atoms with Crippen molar-refractivity contribution in [1.29, 1.82) is 0 Å². The van der Waals surface area contributed by atoms with Gasteiger partial charge in [0.25, 0.3) is 0 Å². The minimum Gasteiger partial charge on any atom is -0.168 e. The monoisotopic (exact) mass is 838 g/mol. The maximum atomic E-state index is 5.67. The molecular weight excluding hydrogens is 816 g/mol. The van der Waals surface area contributed by atoms with Crippen molar-refractivity contribution >= 4 is 140 Å². The Balaban J connectivity index is 0.000000204. The highest BCUT2D eigenvalue weighted by Crippen LogP contribution is 2.42. The smallest absolute Gasteiger partial charge is 0.147 e. The van der Waals surface area contributed by atoms with Crippen molar-refractivity contribution in [2.75, 3.05) is 0 Å². The first-order valence-corrected chi connectivity index (χ1v) is 24.8. The van der Waals surface area contributed by atoms with Crippen molar-refractivity contribution in [2.45, 2.75) is 46.2 Å². The van der Waals surface area contributed by atoms with E-state index in [0.29, 0.717) is 0 Å². The average molecular weight is 843 g/mol. The average Bonchev–Trinajstić information content (AvgIpc) is 3.42. The molecule has 4 aromatic heterocycles. The Kier molecular flexibility index (Phi) is 12.6. The van der Waals surface area contributed by atoms with Gasteiger partial charge in [-0.05, 0) is 112 Å². The van der Waals surface area contributed by atoms with E-state index >= 15 is 0 Å². The topological polar surface area (TPSA) is 0 Å². The molecule has 34 heavy (non-hydrogen) atoms. The van der Waals surface area contributed by atoms with Gasteiger partial charge < -0.3 is 0 Å². The summed E-state index contributed by atoms with van der Waals surface area (Å²) in [5.74, 6) is 0. The van der Waals surface area contributed by atoms with Crippen LogP contribution in [0.1, 0.15) is 4.88 Å². The standard InChI is InChI=1S/C12H15BrS2Si.C8H3Br3S2.C3H9ClSi/c1-8-5-6-10(14-8)12-9(13)7-11(15-12)16(2,3)4;9-4-3-7(11)13-8(4)5-1-2-6(10)12-5;1-5(2,3)4/h5-7H,1-4H3;1-3H;1-3H3. The number of hydrogen-bond acceptors (Lipinski definition) is 4. The molecule has 0 bridgehead atoms. The molecule has 0 N–H and O–H groups in total. The molecule has 4 rings (SSSR count). The van der Waals surface area contributed by atoms with E-state index in [4.69, 9.17) is 11.1 Å². The Bertz CT molecular complexity index is 1210. The highest BCUT2D eigenvalue weighted by atomic mass is 79.9. The lowest BCUT2D eigenvalue weighted by Crippen LogP contribution is -2.34. The van der Waals surface area contributed by atoms with Crippen molar-refractivity contribution in [3.8, 4) is 19.5 Å². The van der Waals surface area contributed by atoms with Crippen molar-refractivity contribution in [3.05, 3.63) is 57.8 Å². The molecule has 11 heteroatoms. The molecule has 0 saturated carbocycles. The van der Waals surface area contributed by atoms with Gasteiger partial charge in [0.2, 0.25) is 0 Å². The van der Waals surface area contributed by atoms with E-state index in [1.165, 1.54) is 32.6 Å². The first-order valence-electron chi connectivity index (χ1n) is 10.3. The highest BCUT2D eigenvalue weighted by Gasteiger charge is 2.21. The van der Waals surface area contributed by atoms with Gasteiger partial charge >= 0.3 is 0 Å². The Morgan fingerprint density at radius 2 is 1.15 bits per heavy atom. The maximum absolute atomic E-state index is 5.67. The lowest BCUT2D eigenvalue weighted by Gasteiger charge is -2.12. The number of halogens is 5. The summed E-state index contributed by atoms with van der Waals surface area (Å²) in [6.45, 7) is 15.6. The van der Waals surface area contributed by atoms with Gasteiger partial charge in [0.15, 0.2) is 0 Å². The molecule has 0 unspecified atom stereocenters. The first-order chi connectivity index (χ1) is 15.5. The number of aryl methyl sites for hydroxylation is 1. The van der Waals surface area contributed by atoms with Gasteiger partial charge in [0.1, 0.15) is 7.38 Å². The zero-order valence-corrected chi connectivity index (χ0v) is 32.4. The number of thiophene rings is 4. The van der Waals surface area contributed by atoms with Gasteiger partial charge in [-0.2, -0.15) is 11.1 Å². The van der Waals surface area contributed by atoms with Crippen molar-refractivity contribution in [3.63, 3.8) is 0 Å². The Morgan fingerprint density at radius 3 is 1.53 bits per heavy atom. The highest BCUT2D eigenvalue weighted by molar-refractivity contribution is 9.11. The van der Waals surface area contributed by atoms with Crippen molar-refractivity contribution in [2.24, 2.45) is 0 Å². The van der Waals surface area contributed by atoms with Crippen LogP contribution < -0.4 is 4.50 Å². The van der Waals surface area contributed by atoms with E-state index in [9.17, 15) is 0 Å². The summed E-state index contributed by atoms with van der Waals surface area (Å²) in [5, 5.41) is 0. The molecule has 0 aliphatic heterocycles. The molecule has 0 atom stereocenters. The van der Waals surface area contributed by atoms with Crippen LogP contribution in [-0.4, -0.2) is 15.5 Å². The molecule has 4 aromatic rings. The first kappa shape index (κ1) is 31.7. The fourth-order valence-electron chi connectivity index (χ4n) is 2.41. The second kappa shape index (κ2) is 13.5. The predicted molar refractivity (Wildman–Crippen MR) is 183 cm³/mol. The molecule has 0 nitrogen and oxygen atoms in total. The van der Waals surface area contributed by atoms with Crippen LogP contribution in [0.15, 0.2) is 52.9 Å². The van der Waals surface area contributed by atoms with E-state index in [1.54, 1.807) is 27.2 Å². The SMILES string of the molecule is Brc1ccc(-c2sc(Br)cc2Br)s1.C[Si](C)(C)Cl.Cc1ccc(-c2sc([Si](C)(C)C)cc2Br)s1. The molecular formula is C23H27Br4ClS4Si2. The van der Waals surface area contributed by atoms with Gasteiger partial charge in [-0.1, -0.05) is 39.3 Å². The van der Waals surface area contributed by atoms with Crippen LogP contribution >= 0.6 is 120 Å². The lowest BCUT2D eigenvalue weighted by molar-refractivity contribution is 1.64. The van der Waals surface area contributed by atoms with Crippen LogP contribution in [0.25, 0.3) is 19.5 Å². The molecule has 4 heterocycles. The molecule has 0 radical (unpaired) electrons. The van der Waals surface area contributed by atoms with Crippen molar-refractivity contribution < 1.29 is 0 Å². The van der Waals surface area contributed by atoms with E-state index in [0.717, 1.165) is 8.26 Å². The Hall–Kier alpha value is 1.44. The molecule has 0 spiro atoms. The van der Waals surface area contributed by atoms with Crippen LogP contribution in [-0.2, 0) is 0 Å². The zero-order valence-electron chi connectivity index (χ0n) is 20.0. The van der Waals surface area contributed by atoms with Crippen LogP contribution in [0.2, 0.25) is 39.3 Å². The summed E-state index contributed by atoms with van der Waals surface area (Å²) in [6.07, 6.45) is 0. The molecule has 186 valence electrons. The molecule has 0 aliphatic carbocycles. The van der Waals surface area contributed by atoms with Crippen molar-refractivity contribution in [1.82, 2.24) is 0 Å². The Morgan fingerprint density at radius 1 is 0.647 bits per heavy atom. The predicted octanol–water partition coefficient (Wildman–Crippen LogP) is 12.9. The summed E-state index contributed by atoms with van der Waals surface area (Å²) in [4.78, 5) is 6.73. The zero-order chi connectivity index (χ0) is 25.8. The van der Waals surface area contributed by atoms with E-state index in [1.807, 2.05) is 22.7 Å². The summed E-state index contributed by atoms with van der Waals surface area (Å²) >= 11 is 27.1. The largest absolute Gasteiger partial charge is 0.168 e. The normalized spacial score (nSPS) is 11.5. The number of hydrogen-bond donors (Lipinski definition) is 0. The minimum atomic E-state index is -1.18. The van der Waals surface area contributed by atoms with Gasteiger partial charge in [-0.15, -0.1) is 45.3 Å². The molecule has 0 fully saturated rings. The van der Waals surface area contributed by atoms with Gasteiger partial charge in [0.05, 0.1) is 25.4 Å². The van der Waals surface area contributed by atoms with E-state index in [-0.39, 0.29) is 0 Å². The number of rotatable bonds is 3. The molecule has 0 aromatic carbocycles. The fourth-order valence-corrected chi connectivity index (χ4v) is 11.8. The maximum Gasteiger partial charge on any atom is 0.147 e. The van der Waals surface area contributed by atoms with E-state index in [2.05, 4.69) is 146 Å². The third-order valence-electron chi connectivity index (χ3n) is 3.84. The molecule has 0 aliphatic rings. The minimum absolute atomic E-state index is 1.14. The molecule has 0 saturated heterocycles. The third kappa shape index (κ3) is 10.7. The van der Waals surface area contributed by atoms with Gasteiger partial charge in [-0.25, -0.2) is 0 Å². The quantitative estimate of drug-likeness (QED) is 0.142. The summed E-state index contributed by atoms with van der Waals surface area (Å²) in [7, 11) is -2.32. The Labute approximate surface area is 260 Å². The molecule has 0 amide bonds. The summed E-state index contributed by atoms with van der Waals surface area (Å²) in [6, 6.07) is 13.0. The van der Waals surface area contributed by atoms with Gasteiger partial charge in [-0.3, -0.25) is 0 Å². The van der Waals surface area contributed by atoms with Crippen LogP contribution in [0.5, 0.6) is 0 Å². The van der Waals surface area contributed by atoms with Crippen LogP contribution in [0.3, 0.4) is 0 Å². The second-order valence-electron chi connectivity index (χ2n) is 9.35. The summed E-state index contributed by atoms with van der Waals surface area (Å²) < 4.78 is 6.30. The van der Waals surface area contributed by atoms with Crippen LogP contribution in [0.4, 0.5) is 0 Å². The van der Waals surface area contributed by atoms with E-state index < -0.39 is 15.5 Å². The fraction of sp³-hybridized carbons (Fsp3) is 0.304. The summed E-state index contributed by atoms with van der Waals surface area (Å²) in [5.41, 5.74) is 0. The lowest BCUT2D eigenvalue weighted by atomic mass is 10.4.